The van der Waals surface area contributed by atoms with Crippen molar-refractivity contribution in [1.82, 2.24) is 0 Å². The number of aliphatic hydroxyl groups is 1. The van der Waals surface area contributed by atoms with Gasteiger partial charge < -0.3 is 14.6 Å². The maximum Gasteiger partial charge on any atom is 0.0701 e. The van der Waals surface area contributed by atoms with E-state index in [4.69, 9.17) is 9.47 Å². The molecule has 0 amide bonds. The zero-order valence-electron chi connectivity index (χ0n) is 12.3. The molecule has 2 rings (SSSR count). The van der Waals surface area contributed by atoms with Gasteiger partial charge in [-0.1, -0.05) is 6.92 Å². The molecule has 0 aromatic rings. The highest BCUT2D eigenvalue weighted by molar-refractivity contribution is 7.99. The minimum absolute atomic E-state index is 0.0830. The monoisotopic (exact) mass is 288 g/mol. The molecule has 0 aromatic carbocycles. The van der Waals surface area contributed by atoms with Gasteiger partial charge >= 0.3 is 0 Å². The van der Waals surface area contributed by atoms with Gasteiger partial charge in [-0.15, -0.1) is 0 Å². The maximum atomic E-state index is 10.5. The molecule has 3 unspecified atom stereocenters. The fraction of sp³-hybridized carbons (Fsp3) is 1.00. The fourth-order valence-corrected chi connectivity index (χ4v) is 4.68. The summed E-state index contributed by atoms with van der Waals surface area (Å²) in [5.74, 6) is 3.27. The standard InChI is InChI=1S/C15H28O3S/c1-12(11-17-2)9-14(16)13-3-6-18-15(10-13)4-7-19-8-5-15/h12-14,16H,3-11H2,1-2H3. The van der Waals surface area contributed by atoms with E-state index in [1.807, 2.05) is 11.8 Å². The Morgan fingerprint density at radius 3 is 2.84 bits per heavy atom. The van der Waals surface area contributed by atoms with Gasteiger partial charge in [-0.05, 0) is 55.4 Å². The SMILES string of the molecule is COCC(C)CC(O)C1CCOC2(CCSCC2)C1. The summed E-state index contributed by atoms with van der Waals surface area (Å²) in [5, 5.41) is 10.5. The normalized spacial score (nSPS) is 30.2. The summed E-state index contributed by atoms with van der Waals surface area (Å²) in [6.07, 6.45) is 5.04. The van der Waals surface area contributed by atoms with Crippen molar-refractivity contribution in [3.63, 3.8) is 0 Å². The van der Waals surface area contributed by atoms with Gasteiger partial charge in [0, 0.05) is 20.3 Å². The summed E-state index contributed by atoms with van der Waals surface area (Å²) in [6.45, 7) is 3.71. The number of hydrogen-bond acceptors (Lipinski definition) is 4. The molecule has 1 N–H and O–H groups in total. The Balaban J connectivity index is 1.85. The van der Waals surface area contributed by atoms with E-state index in [2.05, 4.69) is 6.92 Å². The first-order chi connectivity index (χ1) is 9.15. The lowest BCUT2D eigenvalue weighted by molar-refractivity contribution is -0.123. The molecule has 19 heavy (non-hydrogen) atoms. The Bertz CT molecular complexity index is 261. The molecule has 2 aliphatic rings. The van der Waals surface area contributed by atoms with Crippen LogP contribution in [0, 0.1) is 11.8 Å². The van der Waals surface area contributed by atoms with Crippen LogP contribution in [0.3, 0.4) is 0 Å². The van der Waals surface area contributed by atoms with Crippen molar-refractivity contribution in [2.45, 2.75) is 50.7 Å². The molecule has 0 aromatic heterocycles. The Hall–Kier alpha value is 0.230. The van der Waals surface area contributed by atoms with Gasteiger partial charge in [0.05, 0.1) is 11.7 Å². The molecule has 2 saturated heterocycles. The van der Waals surface area contributed by atoms with E-state index in [-0.39, 0.29) is 11.7 Å². The summed E-state index contributed by atoms with van der Waals surface area (Å²) < 4.78 is 11.3. The van der Waals surface area contributed by atoms with E-state index in [0.717, 1.165) is 45.3 Å². The zero-order chi connectivity index (χ0) is 13.7. The van der Waals surface area contributed by atoms with Crippen LogP contribution in [0.2, 0.25) is 0 Å². The van der Waals surface area contributed by atoms with Gasteiger partial charge in [-0.25, -0.2) is 0 Å². The van der Waals surface area contributed by atoms with E-state index >= 15 is 0 Å². The van der Waals surface area contributed by atoms with Gasteiger partial charge in [-0.2, -0.15) is 11.8 Å². The Morgan fingerprint density at radius 1 is 1.42 bits per heavy atom. The lowest BCUT2D eigenvalue weighted by atomic mass is 9.78. The average Bonchev–Trinajstić information content (AvgIpc) is 2.40. The molecule has 2 heterocycles. The second kappa shape index (κ2) is 7.30. The largest absolute Gasteiger partial charge is 0.393 e. The third-order valence-corrected chi connectivity index (χ3v) is 5.56. The van der Waals surface area contributed by atoms with Gasteiger partial charge in [0.25, 0.3) is 0 Å². The van der Waals surface area contributed by atoms with Gasteiger partial charge in [0.2, 0.25) is 0 Å². The predicted molar refractivity (Wildman–Crippen MR) is 79.6 cm³/mol. The van der Waals surface area contributed by atoms with Crippen LogP contribution in [-0.4, -0.2) is 48.6 Å². The second-order valence-electron chi connectivity index (χ2n) is 6.26. The molecule has 2 fully saturated rings. The third kappa shape index (κ3) is 4.35. The van der Waals surface area contributed by atoms with Crippen LogP contribution in [0.5, 0.6) is 0 Å². The molecule has 0 bridgehead atoms. The lowest BCUT2D eigenvalue weighted by Gasteiger charge is -2.44. The Kier molecular flexibility index (Phi) is 6.00. The van der Waals surface area contributed by atoms with Crippen LogP contribution in [0.25, 0.3) is 0 Å². The van der Waals surface area contributed by atoms with E-state index < -0.39 is 0 Å². The summed E-state index contributed by atoms with van der Waals surface area (Å²) in [6, 6.07) is 0. The Morgan fingerprint density at radius 2 is 2.16 bits per heavy atom. The van der Waals surface area contributed by atoms with E-state index in [9.17, 15) is 5.11 Å². The smallest absolute Gasteiger partial charge is 0.0701 e. The molecule has 2 aliphatic heterocycles. The molecule has 3 nitrogen and oxygen atoms in total. The van der Waals surface area contributed by atoms with E-state index in [1.54, 1.807) is 7.11 Å². The average molecular weight is 288 g/mol. The van der Waals surface area contributed by atoms with Crippen molar-refractivity contribution < 1.29 is 14.6 Å². The minimum Gasteiger partial charge on any atom is -0.393 e. The first-order valence-electron chi connectivity index (χ1n) is 7.54. The molecule has 112 valence electrons. The van der Waals surface area contributed by atoms with Gasteiger partial charge in [0.1, 0.15) is 0 Å². The van der Waals surface area contributed by atoms with E-state index in [0.29, 0.717) is 11.8 Å². The third-order valence-electron chi connectivity index (χ3n) is 4.57. The molecule has 0 aliphatic carbocycles. The first-order valence-corrected chi connectivity index (χ1v) is 8.69. The van der Waals surface area contributed by atoms with Crippen LogP contribution in [0.1, 0.15) is 39.0 Å². The number of aliphatic hydroxyl groups excluding tert-OH is 1. The molecule has 4 heteroatoms. The minimum atomic E-state index is -0.194. The van der Waals surface area contributed by atoms with Crippen LogP contribution >= 0.6 is 11.8 Å². The molecule has 0 radical (unpaired) electrons. The highest BCUT2D eigenvalue weighted by Gasteiger charge is 2.40. The molecular formula is C15H28O3S. The van der Waals surface area contributed by atoms with Crippen LogP contribution in [0.4, 0.5) is 0 Å². The second-order valence-corrected chi connectivity index (χ2v) is 7.49. The van der Waals surface area contributed by atoms with Crippen molar-refractivity contribution >= 4 is 11.8 Å². The molecular weight excluding hydrogens is 260 g/mol. The number of hydrogen-bond donors (Lipinski definition) is 1. The van der Waals surface area contributed by atoms with Crippen LogP contribution in [0.15, 0.2) is 0 Å². The molecule has 1 spiro atoms. The first kappa shape index (κ1) is 15.6. The highest BCUT2D eigenvalue weighted by Crippen LogP contribution is 2.41. The highest BCUT2D eigenvalue weighted by atomic mass is 32.2. The van der Waals surface area contributed by atoms with Crippen molar-refractivity contribution in [2.24, 2.45) is 11.8 Å². The lowest BCUT2D eigenvalue weighted by Crippen LogP contribution is -2.45. The Labute approximate surface area is 121 Å². The quantitative estimate of drug-likeness (QED) is 0.844. The van der Waals surface area contributed by atoms with Crippen LogP contribution < -0.4 is 0 Å². The molecule has 0 saturated carbocycles. The number of thioether (sulfide) groups is 1. The zero-order valence-corrected chi connectivity index (χ0v) is 13.1. The van der Waals surface area contributed by atoms with Gasteiger partial charge in [-0.3, -0.25) is 0 Å². The van der Waals surface area contributed by atoms with E-state index in [1.165, 1.54) is 11.5 Å². The number of rotatable bonds is 5. The van der Waals surface area contributed by atoms with Gasteiger partial charge in [0.15, 0.2) is 0 Å². The summed E-state index contributed by atoms with van der Waals surface area (Å²) in [4.78, 5) is 0. The maximum absolute atomic E-state index is 10.5. The predicted octanol–water partition coefficient (Wildman–Crippen LogP) is 2.71. The number of methoxy groups -OCH3 is 1. The van der Waals surface area contributed by atoms with Crippen molar-refractivity contribution in [3.8, 4) is 0 Å². The van der Waals surface area contributed by atoms with Crippen molar-refractivity contribution in [3.05, 3.63) is 0 Å². The fourth-order valence-electron chi connectivity index (χ4n) is 3.44. The van der Waals surface area contributed by atoms with Crippen molar-refractivity contribution in [1.29, 1.82) is 0 Å². The molecule has 3 atom stereocenters. The number of ether oxygens (including phenoxy) is 2. The summed E-state index contributed by atoms with van der Waals surface area (Å²) >= 11 is 2.03. The summed E-state index contributed by atoms with van der Waals surface area (Å²) in [7, 11) is 1.73. The summed E-state index contributed by atoms with van der Waals surface area (Å²) in [5.41, 5.74) is 0.0830. The van der Waals surface area contributed by atoms with Crippen LogP contribution in [-0.2, 0) is 9.47 Å². The topological polar surface area (TPSA) is 38.7 Å². The van der Waals surface area contributed by atoms with Crippen molar-refractivity contribution in [2.75, 3.05) is 31.8 Å².